The Morgan fingerprint density at radius 2 is 1.62 bits per heavy atom. The van der Waals surface area contributed by atoms with Crippen molar-refractivity contribution >= 4 is 23.2 Å². The van der Waals surface area contributed by atoms with E-state index in [0.29, 0.717) is 22.7 Å². The van der Waals surface area contributed by atoms with Crippen molar-refractivity contribution in [3.05, 3.63) is 57.6 Å². The fourth-order valence-electron chi connectivity index (χ4n) is 2.03. The van der Waals surface area contributed by atoms with Crippen LogP contribution in [0.3, 0.4) is 0 Å². The van der Waals surface area contributed by atoms with Crippen LogP contribution in [0.1, 0.15) is 18.9 Å². The highest BCUT2D eigenvalue weighted by Gasteiger charge is 2.13. The molecule has 0 aliphatic heterocycles. The molecule has 0 saturated heterocycles. The summed E-state index contributed by atoms with van der Waals surface area (Å²) in [5.41, 5.74) is 1.99. The van der Waals surface area contributed by atoms with Crippen LogP contribution in [0.25, 0.3) is 11.1 Å². The summed E-state index contributed by atoms with van der Waals surface area (Å²) in [6, 6.07) is 7.48. The van der Waals surface area contributed by atoms with Crippen molar-refractivity contribution in [3.8, 4) is 11.1 Å². The summed E-state index contributed by atoms with van der Waals surface area (Å²) in [6.07, 6.45) is 1.05. The molecule has 0 aromatic heterocycles. The lowest BCUT2D eigenvalue weighted by Gasteiger charge is -2.10. The molecule has 0 aliphatic carbocycles. The number of hydrogen-bond acceptors (Lipinski definition) is 1. The van der Waals surface area contributed by atoms with Crippen LogP contribution in [0.2, 0.25) is 10.0 Å². The summed E-state index contributed by atoms with van der Waals surface area (Å²) in [7, 11) is 0. The molecule has 0 bridgehead atoms. The van der Waals surface area contributed by atoms with Gasteiger partial charge in [-0.3, -0.25) is 0 Å². The second-order valence-electron chi connectivity index (χ2n) is 4.74. The molecular formula is C16H15Cl2F2N. The van der Waals surface area contributed by atoms with Gasteiger partial charge in [-0.1, -0.05) is 42.3 Å². The molecule has 0 saturated carbocycles. The fraction of sp³-hybridized carbons (Fsp3) is 0.250. The number of benzene rings is 2. The van der Waals surface area contributed by atoms with E-state index in [2.05, 4.69) is 12.2 Å². The molecule has 2 rings (SSSR count). The van der Waals surface area contributed by atoms with Gasteiger partial charge in [0.15, 0.2) is 11.6 Å². The van der Waals surface area contributed by atoms with Gasteiger partial charge in [-0.15, -0.1) is 0 Å². The van der Waals surface area contributed by atoms with Crippen LogP contribution in [-0.4, -0.2) is 6.54 Å². The number of hydrogen-bond donors (Lipinski definition) is 1. The maximum Gasteiger partial charge on any atom is 0.160 e. The van der Waals surface area contributed by atoms with Gasteiger partial charge in [0.25, 0.3) is 0 Å². The van der Waals surface area contributed by atoms with E-state index in [1.165, 1.54) is 0 Å². The van der Waals surface area contributed by atoms with Crippen molar-refractivity contribution in [2.75, 3.05) is 6.54 Å². The molecule has 2 aromatic rings. The van der Waals surface area contributed by atoms with Crippen molar-refractivity contribution in [3.63, 3.8) is 0 Å². The van der Waals surface area contributed by atoms with E-state index in [0.717, 1.165) is 30.7 Å². The highest BCUT2D eigenvalue weighted by molar-refractivity contribution is 6.36. The van der Waals surface area contributed by atoms with Gasteiger partial charge >= 0.3 is 0 Å². The summed E-state index contributed by atoms with van der Waals surface area (Å²) >= 11 is 12.2. The molecule has 1 nitrogen and oxygen atoms in total. The summed E-state index contributed by atoms with van der Waals surface area (Å²) in [5.74, 6) is -1.92. The van der Waals surface area contributed by atoms with Crippen molar-refractivity contribution in [1.82, 2.24) is 5.32 Å². The summed E-state index contributed by atoms with van der Waals surface area (Å²) in [6.45, 7) is 3.72. The van der Waals surface area contributed by atoms with E-state index in [4.69, 9.17) is 23.2 Å². The van der Waals surface area contributed by atoms with Crippen molar-refractivity contribution in [2.24, 2.45) is 0 Å². The van der Waals surface area contributed by atoms with Crippen molar-refractivity contribution < 1.29 is 8.78 Å². The van der Waals surface area contributed by atoms with Gasteiger partial charge in [0.2, 0.25) is 0 Å². The fourth-order valence-corrected chi connectivity index (χ4v) is 2.58. The average molecular weight is 330 g/mol. The first kappa shape index (κ1) is 16.2. The Morgan fingerprint density at radius 1 is 0.952 bits per heavy atom. The average Bonchev–Trinajstić information content (AvgIpc) is 2.44. The molecular weight excluding hydrogens is 315 g/mol. The first-order valence-corrected chi connectivity index (χ1v) is 7.42. The SMILES string of the molecule is CCCNCc1ccc(-c2cc(F)c(F)cc2Cl)c(Cl)c1. The zero-order valence-corrected chi connectivity index (χ0v) is 13.0. The van der Waals surface area contributed by atoms with Gasteiger partial charge in [-0.25, -0.2) is 8.78 Å². The molecule has 0 fully saturated rings. The topological polar surface area (TPSA) is 12.0 Å². The van der Waals surface area contributed by atoms with Gasteiger partial charge in [-0.05, 0) is 36.7 Å². The van der Waals surface area contributed by atoms with E-state index >= 15 is 0 Å². The smallest absolute Gasteiger partial charge is 0.160 e. The van der Waals surface area contributed by atoms with Crippen LogP contribution in [0, 0.1) is 11.6 Å². The molecule has 0 aliphatic rings. The largest absolute Gasteiger partial charge is 0.313 e. The predicted molar refractivity (Wildman–Crippen MR) is 83.8 cm³/mol. The van der Waals surface area contributed by atoms with Gasteiger partial charge < -0.3 is 5.32 Å². The van der Waals surface area contributed by atoms with Crippen molar-refractivity contribution in [2.45, 2.75) is 19.9 Å². The lowest BCUT2D eigenvalue weighted by molar-refractivity contribution is 0.509. The molecule has 1 N–H and O–H groups in total. The minimum atomic E-state index is -0.972. The summed E-state index contributed by atoms with van der Waals surface area (Å²) in [4.78, 5) is 0. The van der Waals surface area contributed by atoms with Crippen LogP contribution >= 0.6 is 23.2 Å². The molecule has 2 aromatic carbocycles. The Labute approximate surface area is 132 Å². The van der Waals surface area contributed by atoms with Gasteiger partial charge in [0, 0.05) is 22.7 Å². The van der Waals surface area contributed by atoms with Crippen LogP contribution in [0.4, 0.5) is 8.78 Å². The molecule has 0 atom stereocenters. The Bertz CT molecular complexity index is 644. The highest BCUT2D eigenvalue weighted by Crippen LogP contribution is 2.35. The normalized spacial score (nSPS) is 10.9. The maximum absolute atomic E-state index is 13.4. The molecule has 0 radical (unpaired) electrons. The third-order valence-electron chi connectivity index (χ3n) is 3.09. The van der Waals surface area contributed by atoms with Crippen molar-refractivity contribution in [1.29, 1.82) is 0 Å². The molecule has 0 amide bonds. The van der Waals surface area contributed by atoms with E-state index in [9.17, 15) is 8.78 Å². The third kappa shape index (κ3) is 3.94. The third-order valence-corrected chi connectivity index (χ3v) is 3.71. The van der Waals surface area contributed by atoms with Crippen LogP contribution in [0.5, 0.6) is 0 Å². The quantitative estimate of drug-likeness (QED) is 0.569. The van der Waals surface area contributed by atoms with Gasteiger partial charge in [0.1, 0.15) is 0 Å². The Kier molecular flexibility index (Phi) is 5.57. The number of halogens is 4. The monoisotopic (exact) mass is 329 g/mol. The summed E-state index contributed by atoms with van der Waals surface area (Å²) in [5, 5.41) is 3.86. The molecule has 112 valence electrons. The Morgan fingerprint density at radius 3 is 2.29 bits per heavy atom. The minimum Gasteiger partial charge on any atom is -0.313 e. The molecule has 0 heterocycles. The predicted octanol–water partition coefficient (Wildman–Crippen LogP) is 5.44. The Balaban J connectivity index is 2.31. The van der Waals surface area contributed by atoms with E-state index in [1.54, 1.807) is 12.1 Å². The highest BCUT2D eigenvalue weighted by atomic mass is 35.5. The lowest BCUT2D eigenvalue weighted by atomic mass is 10.0. The van der Waals surface area contributed by atoms with Gasteiger partial charge in [-0.2, -0.15) is 0 Å². The molecule has 5 heteroatoms. The second kappa shape index (κ2) is 7.21. The second-order valence-corrected chi connectivity index (χ2v) is 5.55. The zero-order valence-electron chi connectivity index (χ0n) is 11.5. The first-order valence-electron chi connectivity index (χ1n) is 6.67. The first-order chi connectivity index (χ1) is 10.0. The lowest BCUT2D eigenvalue weighted by Crippen LogP contribution is -2.13. The minimum absolute atomic E-state index is 0.132. The molecule has 21 heavy (non-hydrogen) atoms. The van der Waals surface area contributed by atoms with Crippen LogP contribution in [-0.2, 0) is 6.54 Å². The number of rotatable bonds is 5. The zero-order chi connectivity index (χ0) is 15.4. The molecule has 0 spiro atoms. The Hall–Kier alpha value is -1.16. The molecule has 0 unspecified atom stereocenters. The van der Waals surface area contributed by atoms with E-state index < -0.39 is 11.6 Å². The van der Waals surface area contributed by atoms with Crippen LogP contribution in [0.15, 0.2) is 30.3 Å². The van der Waals surface area contributed by atoms with E-state index in [1.807, 2.05) is 6.07 Å². The van der Waals surface area contributed by atoms with E-state index in [-0.39, 0.29) is 5.02 Å². The van der Waals surface area contributed by atoms with Crippen LogP contribution < -0.4 is 5.32 Å². The standard InChI is InChI=1S/C16H15Cl2F2N/c1-2-5-21-9-10-3-4-11(13(17)6-10)12-7-15(19)16(20)8-14(12)18/h3-4,6-8,21H,2,5,9H2,1H3. The van der Waals surface area contributed by atoms with Gasteiger partial charge in [0.05, 0.1) is 5.02 Å². The summed E-state index contributed by atoms with van der Waals surface area (Å²) < 4.78 is 26.5. The maximum atomic E-state index is 13.4. The number of nitrogens with one attached hydrogen (secondary N) is 1.